The molecule has 0 aliphatic heterocycles. The fourth-order valence-electron chi connectivity index (χ4n) is 2.99. The van der Waals surface area contributed by atoms with Crippen molar-refractivity contribution in [3.05, 3.63) is 66.0 Å². The van der Waals surface area contributed by atoms with Crippen LogP contribution < -0.4 is 16.8 Å². The minimum absolute atomic E-state index is 0.0985. The molecule has 4 aromatic rings. The Labute approximate surface area is 160 Å². The highest BCUT2D eigenvalue weighted by atomic mass is 16.1. The molecule has 2 aromatic carbocycles. The Morgan fingerprint density at radius 1 is 0.964 bits per heavy atom. The first-order valence-corrected chi connectivity index (χ1v) is 8.64. The number of carbonyl (C=O) groups is 1. The van der Waals surface area contributed by atoms with Gasteiger partial charge in [0.15, 0.2) is 0 Å². The van der Waals surface area contributed by atoms with E-state index in [1.807, 2.05) is 55.6 Å². The SMILES string of the molecule is CC(=NN=C(N)N)c1ccc2[nH]c(C(=O)Nc3ccc4cc[nH]c4c3)cc2c1. The Bertz CT molecular complexity index is 1240. The molecule has 8 nitrogen and oxygen atoms in total. The monoisotopic (exact) mass is 373 g/mol. The minimum atomic E-state index is -0.213. The number of nitrogens with two attached hydrogens (primary N) is 2. The lowest BCUT2D eigenvalue weighted by molar-refractivity contribution is 0.102. The molecule has 28 heavy (non-hydrogen) atoms. The second kappa shape index (κ2) is 6.92. The van der Waals surface area contributed by atoms with Gasteiger partial charge in [-0.15, -0.1) is 5.10 Å². The highest BCUT2D eigenvalue weighted by molar-refractivity contribution is 6.08. The fourth-order valence-corrected chi connectivity index (χ4v) is 2.99. The van der Waals surface area contributed by atoms with Crippen LogP contribution in [0.3, 0.4) is 0 Å². The maximum atomic E-state index is 12.6. The summed E-state index contributed by atoms with van der Waals surface area (Å²) in [7, 11) is 0. The molecule has 7 N–H and O–H groups in total. The molecule has 0 saturated carbocycles. The van der Waals surface area contributed by atoms with Gasteiger partial charge in [-0.25, -0.2) is 0 Å². The smallest absolute Gasteiger partial charge is 0.272 e. The number of nitrogens with zero attached hydrogens (tertiary/aromatic N) is 2. The Hall–Kier alpha value is -4.07. The summed E-state index contributed by atoms with van der Waals surface area (Å²) >= 11 is 0. The van der Waals surface area contributed by atoms with Crippen molar-refractivity contribution < 1.29 is 4.79 Å². The molecule has 0 radical (unpaired) electrons. The maximum absolute atomic E-state index is 12.6. The van der Waals surface area contributed by atoms with Crippen molar-refractivity contribution >= 4 is 45.1 Å². The van der Waals surface area contributed by atoms with Gasteiger partial charge in [-0.3, -0.25) is 4.79 Å². The zero-order chi connectivity index (χ0) is 19.7. The largest absolute Gasteiger partial charge is 0.369 e. The molecule has 8 heteroatoms. The highest BCUT2D eigenvalue weighted by Gasteiger charge is 2.11. The average Bonchev–Trinajstić information content (AvgIpc) is 3.31. The van der Waals surface area contributed by atoms with Crippen molar-refractivity contribution in [2.24, 2.45) is 21.7 Å². The van der Waals surface area contributed by atoms with Crippen LogP contribution in [-0.4, -0.2) is 27.5 Å². The van der Waals surface area contributed by atoms with Gasteiger partial charge < -0.3 is 26.8 Å². The van der Waals surface area contributed by atoms with Crippen molar-refractivity contribution in [2.45, 2.75) is 6.92 Å². The molecule has 0 unspecified atom stereocenters. The molecule has 4 rings (SSSR count). The van der Waals surface area contributed by atoms with E-state index in [0.717, 1.165) is 33.1 Å². The Morgan fingerprint density at radius 2 is 1.82 bits per heavy atom. The number of hydrogen-bond donors (Lipinski definition) is 5. The normalized spacial score (nSPS) is 11.7. The van der Waals surface area contributed by atoms with E-state index in [-0.39, 0.29) is 11.9 Å². The molecule has 1 amide bonds. The van der Waals surface area contributed by atoms with Crippen molar-refractivity contribution in [2.75, 3.05) is 5.32 Å². The van der Waals surface area contributed by atoms with Crippen LogP contribution in [0.25, 0.3) is 21.8 Å². The molecular weight excluding hydrogens is 354 g/mol. The third-order valence-corrected chi connectivity index (χ3v) is 4.41. The Morgan fingerprint density at radius 3 is 2.64 bits per heavy atom. The lowest BCUT2D eigenvalue weighted by Crippen LogP contribution is -2.22. The predicted molar refractivity (Wildman–Crippen MR) is 113 cm³/mol. The van der Waals surface area contributed by atoms with Gasteiger partial charge in [0.25, 0.3) is 5.91 Å². The number of benzene rings is 2. The van der Waals surface area contributed by atoms with E-state index in [4.69, 9.17) is 11.5 Å². The molecular formula is C20H19N7O. The molecule has 2 heterocycles. The maximum Gasteiger partial charge on any atom is 0.272 e. The first kappa shape index (κ1) is 17.3. The Balaban J connectivity index is 1.59. The van der Waals surface area contributed by atoms with Gasteiger partial charge in [-0.2, -0.15) is 5.10 Å². The lowest BCUT2D eigenvalue weighted by Gasteiger charge is -2.03. The number of fused-ring (bicyclic) bond motifs is 2. The number of guanidine groups is 1. The third kappa shape index (κ3) is 3.43. The molecule has 0 fully saturated rings. The molecule has 0 aliphatic carbocycles. The topological polar surface area (TPSA) is 137 Å². The Kier molecular flexibility index (Phi) is 4.29. The van der Waals surface area contributed by atoms with Crippen LogP contribution in [0.2, 0.25) is 0 Å². The molecule has 0 aliphatic rings. The summed E-state index contributed by atoms with van der Waals surface area (Å²) in [6, 6.07) is 15.2. The number of aromatic amines is 2. The van der Waals surface area contributed by atoms with Gasteiger partial charge in [-0.05, 0) is 54.3 Å². The van der Waals surface area contributed by atoms with Crippen LogP contribution in [0.15, 0.2) is 64.9 Å². The quantitative estimate of drug-likeness (QED) is 0.214. The standard InChI is InChI=1S/C20H19N7O/c1-11(26-27-20(21)22)13-3-5-16-14(8-13)9-18(25-16)19(28)24-15-4-2-12-6-7-23-17(12)10-15/h2-10,23,25H,1H3,(H,24,28)(H4,21,22,27). The molecule has 0 spiro atoms. The molecule has 140 valence electrons. The summed E-state index contributed by atoms with van der Waals surface area (Å²) in [5.41, 5.74) is 15.1. The number of anilines is 1. The average molecular weight is 373 g/mol. The van der Waals surface area contributed by atoms with Crippen molar-refractivity contribution in [1.82, 2.24) is 9.97 Å². The fraction of sp³-hybridized carbons (Fsp3) is 0.0500. The van der Waals surface area contributed by atoms with E-state index in [1.165, 1.54) is 0 Å². The van der Waals surface area contributed by atoms with Crippen LogP contribution in [0.5, 0.6) is 0 Å². The van der Waals surface area contributed by atoms with Crippen molar-refractivity contribution in [3.63, 3.8) is 0 Å². The van der Waals surface area contributed by atoms with Crippen molar-refractivity contribution in [1.29, 1.82) is 0 Å². The van der Waals surface area contributed by atoms with Crippen LogP contribution in [0, 0.1) is 0 Å². The lowest BCUT2D eigenvalue weighted by atomic mass is 10.1. The second-order valence-corrected chi connectivity index (χ2v) is 6.43. The van der Waals surface area contributed by atoms with E-state index in [2.05, 4.69) is 25.5 Å². The van der Waals surface area contributed by atoms with E-state index >= 15 is 0 Å². The zero-order valence-electron chi connectivity index (χ0n) is 15.2. The summed E-state index contributed by atoms with van der Waals surface area (Å²) in [4.78, 5) is 18.9. The van der Waals surface area contributed by atoms with E-state index in [0.29, 0.717) is 11.4 Å². The van der Waals surface area contributed by atoms with Gasteiger partial charge in [0, 0.05) is 28.3 Å². The zero-order valence-corrected chi connectivity index (χ0v) is 15.2. The summed E-state index contributed by atoms with van der Waals surface area (Å²) in [5, 5.41) is 12.5. The molecule has 0 saturated heterocycles. The summed E-state index contributed by atoms with van der Waals surface area (Å²) in [6.45, 7) is 1.81. The summed E-state index contributed by atoms with van der Waals surface area (Å²) in [5.74, 6) is -0.312. The van der Waals surface area contributed by atoms with Gasteiger partial charge in [0.1, 0.15) is 5.69 Å². The minimum Gasteiger partial charge on any atom is -0.369 e. The molecule has 0 atom stereocenters. The van der Waals surface area contributed by atoms with Crippen LogP contribution in [0.4, 0.5) is 5.69 Å². The predicted octanol–water partition coefficient (Wildman–Crippen LogP) is 2.90. The van der Waals surface area contributed by atoms with Gasteiger partial charge in [0.2, 0.25) is 5.96 Å². The number of carbonyl (C=O) groups excluding carboxylic acids is 1. The number of rotatable bonds is 4. The van der Waals surface area contributed by atoms with E-state index in [1.54, 1.807) is 6.07 Å². The molecule has 0 bridgehead atoms. The van der Waals surface area contributed by atoms with Crippen LogP contribution in [0.1, 0.15) is 23.0 Å². The second-order valence-electron chi connectivity index (χ2n) is 6.43. The molecule has 2 aromatic heterocycles. The van der Waals surface area contributed by atoms with Crippen LogP contribution in [-0.2, 0) is 0 Å². The van der Waals surface area contributed by atoms with Gasteiger partial charge in [-0.1, -0.05) is 12.1 Å². The van der Waals surface area contributed by atoms with E-state index in [9.17, 15) is 4.79 Å². The van der Waals surface area contributed by atoms with Crippen LogP contribution >= 0.6 is 0 Å². The number of hydrogen-bond acceptors (Lipinski definition) is 3. The number of H-pyrrole nitrogens is 2. The number of amides is 1. The first-order valence-electron chi connectivity index (χ1n) is 8.64. The number of aromatic nitrogens is 2. The highest BCUT2D eigenvalue weighted by Crippen LogP contribution is 2.21. The van der Waals surface area contributed by atoms with E-state index < -0.39 is 0 Å². The van der Waals surface area contributed by atoms with Gasteiger partial charge in [0.05, 0.1) is 5.71 Å². The summed E-state index contributed by atoms with van der Waals surface area (Å²) in [6.07, 6.45) is 1.87. The van der Waals surface area contributed by atoms with Gasteiger partial charge >= 0.3 is 0 Å². The third-order valence-electron chi connectivity index (χ3n) is 4.41. The van der Waals surface area contributed by atoms with Crippen molar-refractivity contribution in [3.8, 4) is 0 Å². The summed E-state index contributed by atoms with van der Waals surface area (Å²) < 4.78 is 0. The number of nitrogens with one attached hydrogen (secondary N) is 3. The first-order chi connectivity index (χ1) is 13.5.